The van der Waals surface area contributed by atoms with Crippen LogP contribution >= 0.6 is 11.9 Å². The predicted octanol–water partition coefficient (Wildman–Crippen LogP) is 4.91. The van der Waals surface area contributed by atoms with Crippen molar-refractivity contribution in [3.05, 3.63) is 59.2 Å². The maximum atomic E-state index is 6.14. The number of hydrogen-bond acceptors (Lipinski definition) is 3. The van der Waals surface area contributed by atoms with Gasteiger partial charge in [0.1, 0.15) is 11.5 Å². The van der Waals surface area contributed by atoms with Crippen LogP contribution in [0.3, 0.4) is 0 Å². The van der Waals surface area contributed by atoms with Gasteiger partial charge < -0.3 is 4.74 Å². The normalized spacial score (nSPS) is 17.4. The summed E-state index contributed by atoms with van der Waals surface area (Å²) >= 11 is 1.61. The van der Waals surface area contributed by atoms with Crippen LogP contribution < -0.4 is 4.74 Å². The van der Waals surface area contributed by atoms with Gasteiger partial charge >= 0.3 is 0 Å². The second kappa shape index (κ2) is 5.71. The number of benzene rings is 2. The summed E-state index contributed by atoms with van der Waals surface area (Å²) in [5.41, 5.74) is 3.62. The van der Waals surface area contributed by atoms with Crippen LogP contribution in [0.2, 0.25) is 0 Å². The lowest BCUT2D eigenvalue weighted by molar-refractivity contribution is 0.472. The van der Waals surface area contributed by atoms with E-state index in [2.05, 4.69) is 42.5 Å². The number of nitrogens with zero attached hydrogens (tertiary/aromatic N) is 1. The van der Waals surface area contributed by atoms with Gasteiger partial charge in [-0.25, -0.2) is 4.40 Å². The van der Waals surface area contributed by atoms with Crippen LogP contribution in [0.15, 0.2) is 46.9 Å². The van der Waals surface area contributed by atoms with Crippen LogP contribution in [-0.4, -0.2) is 12.0 Å². The molecule has 102 valence electrons. The topological polar surface area (TPSA) is 21.6 Å². The van der Waals surface area contributed by atoms with E-state index in [1.807, 2.05) is 24.4 Å². The molecule has 1 unspecified atom stereocenters. The molecule has 0 spiro atoms. The Balaban J connectivity index is 1.92. The van der Waals surface area contributed by atoms with Crippen molar-refractivity contribution in [1.82, 2.24) is 0 Å². The molecule has 0 radical (unpaired) electrons. The van der Waals surface area contributed by atoms with Gasteiger partial charge in [0.25, 0.3) is 0 Å². The molecule has 1 atom stereocenters. The van der Waals surface area contributed by atoms with Crippen LogP contribution in [0.5, 0.6) is 11.5 Å². The Morgan fingerprint density at radius 2 is 1.95 bits per heavy atom. The Bertz CT molecular complexity index is 651. The summed E-state index contributed by atoms with van der Waals surface area (Å²) in [6.45, 7) is 4.18. The van der Waals surface area contributed by atoms with Gasteiger partial charge in [0.05, 0.1) is 0 Å². The molecule has 1 aliphatic rings. The molecule has 3 rings (SSSR count). The summed E-state index contributed by atoms with van der Waals surface area (Å²) in [5.74, 6) is 3.19. The maximum Gasteiger partial charge on any atom is 0.131 e. The lowest BCUT2D eigenvalue weighted by Crippen LogP contribution is -2.02. The van der Waals surface area contributed by atoms with E-state index in [0.717, 1.165) is 22.8 Å². The fraction of sp³-hybridized carbons (Fsp3) is 0.235. The molecule has 0 saturated heterocycles. The third-order valence-corrected chi connectivity index (χ3v) is 4.22. The van der Waals surface area contributed by atoms with Crippen LogP contribution in [0.4, 0.5) is 0 Å². The minimum Gasteiger partial charge on any atom is -0.457 e. The largest absolute Gasteiger partial charge is 0.457 e. The molecular formula is C17H17NOS. The summed E-state index contributed by atoms with van der Waals surface area (Å²) < 4.78 is 10.4. The zero-order valence-corrected chi connectivity index (χ0v) is 12.5. The van der Waals surface area contributed by atoms with Crippen molar-refractivity contribution < 1.29 is 4.74 Å². The smallest absolute Gasteiger partial charge is 0.131 e. The molecule has 20 heavy (non-hydrogen) atoms. The summed E-state index contributed by atoms with van der Waals surface area (Å²) in [4.78, 5) is 0. The Hall–Kier alpha value is -1.74. The van der Waals surface area contributed by atoms with Crippen molar-refractivity contribution >= 4 is 18.2 Å². The highest BCUT2D eigenvalue weighted by Crippen LogP contribution is 2.35. The van der Waals surface area contributed by atoms with E-state index in [4.69, 9.17) is 4.74 Å². The van der Waals surface area contributed by atoms with E-state index in [0.29, 0.717) is 5.92 Å². The molecule has 0 fully saturated rings. The molecule has 2 aromatic rings. The van der Waals surface area contributed by atoms with Gasteiger partial charge in [-0.1, -0.05) is 35.9 Å². The molecule has 0 amide bonds. The zero-order chi connectivity index (χ0) is 13.9. The summed E-state index contributed by atoms with van der Waals surface area (Å²) in [6, 6.07) is 14.5. The molecule has 0 saturated carbocycles. The van der Waals surface area contributed by atoms with E-state index in [1.165, 1.54) is 11.1 Å². The Morgan fingerprint density at radius 3 is 2.70 bits per heavy atom. The Morgan fingerprint density at radius 1 is 1.10 bits per heavy atom. The number of hydrogen-bond donors (Lipinski definition) is 0. The highest BCUT2D eigenvalue weighted by molar-refractivity contribution is 7.98. The van der Waals surface area contributed by atoms with Gasteiger partial charge in [-0.2, -0.15) is 0 Å². The Labute approximate surface area is 124 Å². The first-order valence-corrected chi connectivity index (χ1v) is 7.68. The zero-order valence-electron chi connectivity index (χ0n) is 11.7. The molecule has 0 bridgehead atoms. The molecule has 2 aromatic carbocycles. The second-order valence-corrected chi connectivity index (χ2v) is 5.87. The molecule has 3 heteroatoms. The van der Waals surface area contributed by atoms with Gasteiger partial charge in [0, 0.05) is 23.4 Å². The minimum absolute atomic E-state index is 0.349. The summed E-state index contributed by atoms with van der Waals surface area (Å²) in [6.07, 6.45) is 2.01. The van der Waals surface area contributed by atoms with Gasteiger partial charge in [0.2, 0.25) is 0 Å². The third-order valence-electron chi connectivity index (χ3n) is 3.44. The number of rotatable bonds is 3. The lowest BCUT2D eigenvalue weighted by atomic mass is 10.0. The maximum absolute atomic E-state index is 6.14. The number of para-hydroxylation sites is 1. The molecule has 1 aliphatic heterocycles. The highest BCUT2D eigenvalue weighted by atomic mass is 32.2. The van der Waals surface area contributed by atoms with Crippen molar-refractivity contribution in [3.63, 3.8) is 0 Å². The molecule has 0 aliphatic carbocycles. The summed E-state index contributed by atoms with van der Waals surface area (Å²) in [7, 11) is 0. The van der Waals surface area contributed by atoms with Crippen LogP contribution in [0, 0.1) is 13.8 Å². The third kappa shape index (κ3) is 2.73. The lowest BCUT2D eigenvalue weighted by Gasteiger charge is -2.15. The van der Waals surface area contributed by atoms with E-state index < -0.39 is 0 Å². The standard InChI is InChI=1S/C17H17NOS/c1-12-7-8-16(13(2)9-12)19-17-6-4-3-5-15(17)14-10-18-20-11-14/h3-10,14H,11H2,1-2H3. The molecule has 0 aromatic heterocycles. The monoisotopic (exact) mass is 283 g/mol. The van der Waals surface area contributed by atoms with Gasteiger partial charge in [-0.15, -0.1) is 0 Å². The van der Waals surface area contributed by atoms with E-state index in [9.17, 15) is 0 Å². The number of aryl methyl sites for hydroxylation is 2. The van der Waals surface area contributed by atoms with Crippen molar-refractivity contribution in [2.24, 2.45) is 4.40 Å². The van der Waals surface area contributed by atoms with Crippen molar-refractivity contribution in [2.75, 3.05) is 5.75 Å². The van der Waals surface area contributed by atoms with E-state index in [1.54, 1.807) is 11.9 Å². The van der Waals surface area contributed by atoms with Gasteiger partial charge in [-0.3, -0.25) is 0 Å². The first-order valence-electron chi connectivity index (χ1n) is 6.73. The van der Waals surface area contributed by atoms with Crippen LogP contribution in [0.25, 0.3) is 0 Å². The van der Waals surface area contributed by atoms with Crippen molar-refractivity contribution in [3.8, 4) is 11.5 Å². The van der Waals surface area contributed by atoms with Crippen molar-refractivity contribution in [1.29, 1.82) is 0 Å². The predicted molar refractivity (Wildman–Crippen MR) is 86.1 cm³/mol. The fourth-order valence-electron chi connectivity index (χ4n) is 2.37. The van der Waals surface area contributed by atoms with E-state index >= 15 is 0 Å². The second-order valence-electron chi connectivity index (χ2n) is 5.07. The number of ether oxygens (including phenoxy) is 1. The van der Waals surface area contributed by atoms with Crippen molar-refractivity contribution in [2.45, 2.75) is 19.8 Å². The van der Waals surface area contributed by atoms with Gasteiger partial charge in [0.15, 0.2) is 0 Å². The molecule has 0 N–H and O–H groups in total. The summed E-state index contributed by atoms with van der Waals surface area (Å²) in [5, 5.41) is 0. The average molecular weight is 283 g/mol. The highest BCUT2D eigenvalue weighted by Gasteiger charge is 2.18. The average Bonchev–Trinajstić information content (AvgIpc) is 2.96. The Kier molecular flexibility index (Phi) is 3.79. The molecular weight excluding hydrogens is 266 g/mol. The quantitative estimate of drug-likeness (QED) is 0.746. The van der Waals surface area contributed by atoms with Gasteiger partial charge in [-0.05, 0) is 43.5 Å². The first-order chi connectivity index (χ1) is 9.74. The van der Waals surface area contributed by atoms with E-state index in [-0.39, 0.29) is 0 Å². The fourth-order valence-corrected chi connectivity index (χ4v) is 3.11. The molecule has 1 heterocycles. The first kappa shape index (κ1) is 13.3. The SMILES string of the molecule is Cc1ccc(Oc2ccccc2C2C=NSC2)c(C)c1. The molecule has 2 nitrogen and oxygen atoms in total. The van der Waals surface area contributed by atoms with Crippen LogP contribution in [0.1, 0.15) is 22.6 Å². The van der Waals surface area contributed by atoms with Crippen LogP contribution in [-0.2, 0) is 0 Å². The minimum atomic E-state index is 0.349.